The van der Waals surface area contributed by atoms with Gasteiger partial charge in [0.2, 0.25) is 5.91 Å². The van der Waals surface area contributed by atoms with Gasteiger partial charge in [-0.3, -0.25) is 4.79 Å². The number of rotatable bonds is 4. The second kappa shape index (κ2) is 6.84. The zero-order chi connectivity index (χ0) is 18.1. The van der Waals surface area contributed by atoms with Gasteiger partial charge in [-0.1, -0.05) is 23.7 Å². The minimum atomic E-state index is -0.173. The number of anilines is 1. The van der Waals surface area contributed by atoms with Crippen LogP contribution in [-0.2, 0) is 4.79 Å². The van der Waals surface area contributed by atoms with E-state index in [1.165, 1.54) is 6.39 Å². The highest BCUT2D eigenvalue weighted by molar-refractivity contribution is 6.30. The highest BCUT2D eigenvalue weighted by atomic mass is 35.5. The van der Waals surface area contributed by atoms with Crippen molar-refractivity contribution >= 4 is 23.2 Å². The molecule has 2 aromatic carbocycles. The number of methoxy groups -OCH3 is 1. The molecule has 1 fully saturated rings. The smallest absolute Gasteiger partial charge is 0.234 e. The quantitative estimate of drug-likeness (QED) is 0.679. The first kappa shape index (κ1) is 16.7. The summed E-state index contributed by atoms with van der Waals surface area (Å²) in [5.74, 6) is 1.16. The highest BCUT2D eigenvalue weighted by Gasteiger charge is 2.34. The lowest BCUT2D eigenvalue weighted by Crippen LogP contribution is -2.26. The van der Waals surface area contributed by atoms with Crippen LogP contribution in [0.25, 0.3) is 11.3 Å². The molecule has 0 spiro atoms. The van der Waals surface area contributed by atoms with E-state index in [0.717, 1.165) is 23.2 Å². The van der Waals surface area contributed by atoms with Crippen LogP contribution >= 0.6 is 11.6 Å². The molecular formula is C20H17ClN2O3. The van der Waals surface area contributed by atoms with E-state index >= 15 is 0 Å². The molecule has 4 rings (SSSR count). The van der Waals surface area contributed by atoms with Crippen LogP contribution < -0.4 is 9.64 Å². The zero-order valence-corrected chi connectivity index (χ0v) is 14.9. The summed E-state index contributed by atoms with van der Waals surface area (Å²) in [5, 5.41) is 0.645. The SMILES string of the molecule is COc1cc(N2CC[C@H](c3cccc(Cl)c3)C2=O)ccc1-c1cnco1. The largest absolute Gasteiger partial charge is 0.496 e. The van der Waals surface area contributed by atoms with E-state index in [1.54, 1.807) is 18.2 Å². The van der Waals surface area contributed by atoms with Crippen LogP contribution in [0.3, 0.4) is 0 Å². The molecule has 0 aliphatic carbocycles. The van der Waals surface area contributed by atoms with Crippen molar-refractivity contribution in [2.75, 3.05) is 18.6 Å². The lowest BCUT2D eigenvalue weighted by atomic mass is 9.98. The van der Waals surface area contributed by atoms with Gasteiger partial charge in [-0.25, -0.2) is 4.98 Å². The van der Waals surface area contributed by atoms with E-state index in [0.29, 0.717) is 23.1 Å². The molecule has 0 N–H and O–H groups in total. The maximum atomic E-state index is 12.9. The van der Waals surface area contributed by atoms with Gasteiger partial charge in [-0.05, 0) is 36.2 Å². The van der Waals surface area contributed by atoms with Crippen molar-refractivity contribution < 1.29 is 13.9 Å². The number of benzene rings is 2. The maximum absolute atomic E-state index is 12.9. The number of nitrogens with zero attached hydrogens (tertiary/aromatic N) is 2. The predicted octanol–water partition coefficient (Wildman–Crippen LogP) is 4.52. The second-order valence-electron chi connectivity index (χ2n) is 6.14. The molecule has 0 unspecified atom stereocenters. The summed E-state index contributed by atoms with van der Waals surface area (Å²) < 4.78 is 10.8. The number of amides is 1. The van der Waals surface area contributed by atoms with Crippen molar-refractivity contribution in [2.45, 2.75) is 12.3 Å². The molecule has 1 aliphatic heterocycles. The van der Waals surface area contributed by atoms with Crippen LogP contribution in [0.5, 0.6) is 5.75 Å². The third-order valence-corrected chi connectivity index (χ3v) is 4.89. The Bertz CT molecular complexity index is 940. The number of halogens is 1. The van der Waals surface area contributed by atoms with Gasteiger partial charge < -0.3 is 14.1 Å². The Balaban J connectivity index is 1.63. The van der Waals surface area contributed by atoms with E-state index in [9.17, 15) is 4.79 Å². The van der Waals surface area contributed by atoms with Gasteiger partial charge in [0.05, 0.1) is 24.8 Å². The van der Waals surface area contributed by atoms with Crippen LogP contribution in [0, 0.1) is 0 Å². The fourth-order valence-corrected chi connectivity index (χ4v) is 3.57. The zero-order valence-electron chi connectivity index (χ0n) is 14.2. The van der Waals surface area contributed by atoms with E-state index < -0.39 is 0 Å². The Hall–Kier alpha value is -2.79. The Kier molecular flexibility index (Phi) is 4.39. The first-order valence-electron chi connectivity index (χ1n) is 8.31. The van der Waals surface area contributed by atoms with Crippen molar-refractivity contribution in [3.8, 4) is 17.1 Å². The van der Waals surface area contributed by atoms with Gasteiger partial charge in [0.15, 0.2) is 12.2 Å². The standard InChI is InChI=1S/C20H17ClN2O3/c1-25-18-10-15(5-6-17(18)19-11-22-12-26-19)23-8-7-16(20(23)24)13-3-2-4-14(21)9-13/h2-6,9-12,16H,7-8H2,1H3/t16-/m1/s1. The second-order valence-corrected chi connectivity index (χ2v) is 6.57. The Morgan fingerprint density at radius 2 is 2.15 bits per heavy atom. The average Bonchev–Trinajstić information content (AvgIpc) is 3.31. The molecule has 0 radical (unpaired) electrons. The number of oxazole rings is 1. The summed E-state index contributed by atoms with van der Waals surface area (Å²) >= 11 is 6.07. The van der Waals surface area contributed by atoms with Crippen LogP contribution in [0.1, 0.15) is 17.9 Å². The first-order chi connectivity index (χ1) is 12.7. The molecule has 1 atom stereocenters. The Labute approximate surface area is 156 Å². The van der Waals surface area contributed by atoms with Gasteiger partial charge in [0.25, 0.3) is 0 Å². The fourth-order valence-electron chi connectivity index (χ4n) is 3.37. The van der Waals surface area contributed by atoms with Crippen LogP contribution in [0.2, 0.25) is 5.02 Å². The van der Waals surface area contributed by atoms with E-state index in [4.69, 9.17) is 20.8 Å². The first-order valence-corrected chi connectivity index (χ1v) is 8.69. The van der Waals surface area contributed by atoms with Crippen LogP contribution in [0.15, 0.2) is 59.5 Å². The minimum absolute atomic E-state index is 0.0711. The van der Waals surface area contributed by atoms with E-state index in [2.05, 4.69) is 4.98 Å². The number of carbonyl (C=O) groups is 1. The molecule has 6 heteroatoms. The monoisotopic (exact) mass is 368 g/mol. The van der Waals surface area contributed by atoms with Gasteiger partial charge in [0, 0.05) is 23.3 Å². The fraction of sp³-hybridized carbons (Fsp3) is 0.200. The summed E-state index contributed by atoms with van der Waals surface area (Å²) in [7, 11) is 1.60. The molecule has 1 aromatic heterocycles. The van der Waals surface area contributed by atoms with Gasteiger partial charge >= 0.3 is 0 Å². The van der Waals surface area contributed by atoms with Gasteiger partial charge in [-0.15, -0.1) is 0 Å². The number of aromatic nitrogens is 1. The van der Waals surface area contributed by atoms with Crippen molar-refractivity contribution in [3.05, 3.63) is 65.6 Å². The Morgan fingerprint density at radius 3 is 2.88 bits per heavy atom. The Morgan fingerprint density at radius 1 is 1.27 bits per heavy atom. The summed E-state index contributed by atoms with van der Waals surface area (Å²) in [6, 6.07) is 13.1. The summed E-state index contributed by atoms with van der Waals surface area (Å²) in [6.45, 7) is 0.654. The number of hydrogen-bond acceptors (Lipinski definition) is 4. The van der Waals surface area contributed by atoms with Crippen LogP contribution in [-0.4, -0.2) is 24.5 Å². The number of ether oxygens (including phenoxy) is 1. The molecule has 3 aromatic rings. The molecular weight excluding hydrogens is 352 g/mol. The summed E-state index contributed by atoms with van der Waals surface area (Å²) in [6.07, 6.45) is 3.77. The molecule has 0 bridgehead atoms. The van der Waals surface area contributed by atoms with Crippen LogP contribution in [0.4, 0.5) is 5.69 Å². The molecule has 1 saturated heterocycles. The molecule has 26 heavy (non-hydrogen) atoms. The van der Waals surface area contributed by atoms with Crippen molar-refractivity contribution in [1.29, 1.82) is 0 Å². The molecule has 1 amide bonds. The minimum Gasteiger partial charge on any atom is -0.496 e. The van der Waals surface area contributed by atoms with E-state index in [1.807, 2.05) is 42.5 Å². The van der Waals surface area contributed by atoms with Crippen molar-refractivity contribution in [1.82, 2.24) is 4.98 Å². The lowest BCUT2D eigenvalue weighted by molar-refractivity contribution is -0.118. The molecule has 0 saturated carbocycles. The average molecular weight is 369 g/mol. The molecule has 5 nitrogen and oxygen atoms in total. The summed E-state index contributed by atoms with van der Waals surface area (Å²) in [5.41, 5.74) is 2.56. The third-order valence-electron chi connectivity index (χ3n) is 4.65. The molecule has 1 aliphatic rings. The predicted molar refractivity (Wildman–Crippen MR) is 99.7 cm³/mol. The molecule has 132 valence electrons. The van der Waals surface area contributed by atoms with Gasteiger partial charge in [-0.2, -0.15) is 0 Å². The van der Waals surface area contributed by atoms with E-state index in [-0.39, 0.29) is 11.8 Å². The number of carbonyl (C=O) groups excluding carboxylic acids is 1. The summed E-state index contributed by atoms with van der Waals surface area (Å²) in [4.78, 5) is 18.7. The topological polar surface area (TPSA) is 55.6 Å². The van der Waals surface area contributed by atoms with Crippen molar-refractivity contribution in [3.63, 3.8) is 0 Å². The third kappa shape index (κ3) is 2.95. The van der Waals surface area contributed by atoms with Gasteiger partial charge in [0.1, 0.15) is 5.75 Å². The highest BCUT2D eigenvalue weighted by Crippen LogP contribution is 2.37. The maximum Gasteiger partial charge on any atom is 0.234 e. The molecule has 2 heterocycles. The normalized spacial score (nSPS) is 16.9. The lowest BCUT2D eigenvalue weighted by Gasteiger charge is -2.19. The number of hydrogen-bond donors (Lipinski definition) is 0. The van der Waals surface area contributed by atoms with Crippen molar-refractivity contribution in [2.24, 2.45) is 0 Å².